The van der Waals surface area contributed by atoms with Crippen LogP contribution in [0.4, 0.5) is 17.5 Å². The van der Waals surface area contributed by atoms with Crippen LogP contribution in [0.2, 0.25) is 0 Å². The summed E-state index contributed by atoms with van der Waals surface area (Å²) >= 11 is 1.66. The number of rotatable bonds is 6. The summed E-state index contributed by atoms with van der Waals surface area (Å²) in [6.07, 6.45) is 0. The second kappa shape index (κ2) is 7.50. The Morgan fingerprint density at radius 3 is 2.81 bits per heavy atom. The van der Waals surface area contributed by atoms with E-state index >= 15 is 0 Å². The standard InChI is InChI=1S/C19H23N7S/c1-12-23-17(11-27-12)13-4-3-5-14(6-13)22-8-15-7-18(25-19(20)24-15)26-9-16(10-26)21-2/h3-7,11,16,21-22H,8-10H2,1-2H3,(H2,20,24,25). The molecule has 2 aromatic heterocycles. The van der Waals surface area contributed by atoms with Crippen LogP contribution in [-0.2, 0) is 6.54 Å². The number of nitrogens with zero attached hydrogens (tertiary/aromatic N) is 4. The van der Waals surface area contributed by atoms with E-state index < -0.39 is 0 Å². The Hall–Kier alpha value is -2.71. The lowest BCUT2D eigenvalue weighted by Gasteiger charge is -2.40. The molecule has 0 radical (unpaired) electrons. The molecule has 140 valence electrons. The van der Waals surface area contributed by atoms with Crippen molar-refractivity contribution >= 4 is 28.8 Å². The molecular formula is C19H23N7S. The zero-order valence-electron chi connectivity index (χ0n) is 15.4. The van der Waals surface area contributed by atoms with Gasteiger partial charge in [-0.25, -0.2) is 9.97 Å². The van der Waals surface area contributed by atoms with E-state index in [1.165, 1.54) is 0 Å². The second-order valence-electron chi connectivity index (χ2n) is 6.65. The SMILES string of the molecule is CNC1CN(c2cc(CNc3cccc(-c4csc(C)n4)c3)nc(N)n2)C1. The topological polar surface area (TPSA) is 92.0 Å². The largest absolute Gasteiger partial charge is 0.379 e. The summed E-state index contributed by atoms with van der Waals surface area (Å²) in [7, 11) is 1.98. The van der Waals surface area contributed by atoms with Crippen molar-refractivity contribution in [1.82, 2.24) is 20.3 Å². The molecule has 0 unspecified atom stereocenters. The Morgan fingerprint density at radius 1 is 1.22 bits per heavy atom. The van der Waals surface area contributed by atoms with Gasteiger partial charge in [0.15, 0.2) is 0 Å². The van der Waals surface area contributed by atoms with Gasteiger partial charge in [-0.15, -0.1) is 11.3 Å². The molecule has 0 saturated carbocycles. The first-order valence-electron chi connectivity index (χ1n) is 8.93. The molecule has 8 heteroatoms. The van der Waals surface area contributed by atoms with Crippen LogP contribution in [0.5, 0.6) is 0 Å². The maximum Gasteiger partial charge on any atom is 0.222 e. The molecule has 0 spiro atoms. The summed E-state index contributed by atoms with van der Waals surface area (Å²) < 4.78 is 0. The normalized spacial score (nSPS) is 14.2. The first kappa shape index (κ1) is 17.7. The molecule has 4 N–H and O–H groups in total. The van der Waals surface area contributed by atoms with Gasteiger partial charge in [0.05, 0.1) is 22.9 Å². The van der Waals surface area contributed by atoms with Crippen molar-refractivity contribution in [2.45, 2.75) is 19.5 Å². The van der Waals surface area contributed by atoms with Crippen LogP contribution < -0.4 is 21.3 Å². The van der Waals surface area contributed by atoms with Gasteiger partial charge in [0, 0.05) is 41.8 Å². The number of aryl methyl sites for hydroxylation is 1. The molecule has 0 amide bonds. The Balaban J connectivity index is 1.45. The third-order valence-corrected chi connectivity index (χ3v) is 5.42. The van der Waals surface area contributed by atoms with Gasteiger partial charge >= 0.3 is 0 Å². The maximum atomic E-state index is 5.92. The molecule has 1 fully saturated rings. The highest BCUT2D eigenvalue weighted by Gasteiger charge is 2.26. The molecule has 3 heterocycles. The molecule has 4 rings (SSSR count). The van der Waals surface area contributed by atoms with Gasteiger partial charge in [0.2, 0.25) is 5.95 Å². The summed E-state index contributed by atoms with van der Waals surface area (Å²) in [4.78, 5) is 15.5. The van der Waals surface area contributed by atoms with Crippen LogP contribution in [0.15, 0.2) is 35.7 Å². The molecule has 1 aliphatic heterocycles. The van der Waals surface area contributed by atoms with Crippen LogP contribution >= 0.6 is 11.3 Å². The van der Waals surface area contributed by atoms with E-state index in [1.807, 2.05) is 32.2 Å². The lowest BCUT2D eigenvalue weighted by atomic mass is 10.1. The van der Waals surface area contributed by atoms with Gasteiger partial charge in [0.1, 0.15) is 5.82 Å². The van der Waals surface area contributed by atoms with E-state index in [1.54, 1.807) is 11.3 Å². The van der Waals surface area contributed by atoms with Crippen molar-refractivity contribution in [3.63, 3.8) is 0 Å². The Kier molecular flexibility index (Phi) is 4.91. The first-order chi connectivity index (χ1) is 13.1. The fourth-order valence-corrected chi connectivity index (χ4v) is 3.70. The number of benzene rings is 1. The van der Waals surface area contributed by atoms with E-state index in [-0.39, 0.29) is 0 Å². The Morgan fingerprint density at radius 2 is 2.07 bits per heavy atom. The van der Waals surface area contributed by atoms with Gasteiger partial charge in [-0.3, -0.25) is 0 Å². The number of aromatic nitrogens is 3. The lowest BCUT2D eigenvalue weighted by Crippen LogP contribution is -2.57. The molecule has 0 aliphatic carbocycles. The quantitative estimate of drug-likeness (QED) is 0.604. The summed E-state index contributed by atoms with van der Waals surface area (Å²) in [5, 5.41) is 9.84. The van der Waals surface area contributed by atoms with Crippen molar-refractivity contribution in [3.05, 3.63) is 46.4 Å². The number of nitrogens with one attached hydrogen (secondary N) is 2. The minimum absolute atomic E-state index is 0.309. The molecular weight excluding hydrogens is 358 g/mol. The van der Waals surface area contributed by atoms with E-state index in [9.17, 15) is 0 Å². The minimum atomic E-state index is 0.309. The molecule has 0 atom stereocenters. The van der Waals surface area contributed by atoms with Crippen LogP contribution in [0.3, 0.4) is 0 Å². The summed E-state index contributed by atoms with van der Waals surface area (Å²) in [5.74, 6) is 1.20. The number of anilines is 3. The smallest absolute Gasteiger partial charge is 0.222 e. The van der Waals surface area contributed by atoms with Gasteiger partial charge in [-0.1, -0.05) is 12.1 Å². The predicted molar refractivity (Wildman–Crippen MR) is 111 cm³/mol. The number of nitrogen functional groups attached to an aromatic ring is 1. The monoisotopic (exact) mass is 381 g/mol. The van der Waals surface area contributed by atoms with Gasteiger partial charge in [-0.05, 0) is 26.1 Å². The average molecular weight is 382 g/mol. The van der Waals surface area contributed by atoms with Crippen molar-refractivity contribution in [2.24, 2.45) is 0 Å². The third kappa shape index (κ3) is 4.01. The number of hydrogen-bond donors (Lipinski definition) is 3. The number of likely N-dealkylation sites (N-methyl/N-ethyl adjacent to an activating group) is 1. The highest BCUT2D eigenvalue weighted by Crippen LogP contribution is 2.25. The number of nitrogens with two attached hydrogens (primary N) is 1. The molecule has 27 heavy (non-hydrogen) atoms. The van der Waals surface area contributed by atoms with Crippen molar-refractivity contribution < 1.29 is 0 Å². The van der Waals surface area contributed by atoms with E-state index in [0.29, 0.717) is 18.5 Å². The van der Waals surface area contributed by atoms with Crippen LogP contribution in [0.1, 0.15) is 10.7 Å². The zero-order valence-corrected chi connectivity index (χ0v) is 16.3. The fourth-order valence-electron chi connectivity index (χ4n) is 3.08. The summed E-state index contributed by atoms with van der Waals surface area (Å²) in [6, 6.07) is 10.8. The van der Waals surface area contributed by atoms with Gasteiger partial charge in [0.25, 0.3) is 0 Å². The highest BCUT2D eigenvalue weighted by molar-refractivity contribution is 7.09. The molecule has 7 nitrogen and oxygen atoms in total. The zero-order chi connectivity index (χ0) is 18.8. The highest BCUT2D eigenvalue weighted by atomic mass is 32.1. The molecule has 1 aromatic carbocycles. The van der Waals surface area contributed by atoms with E-state index in [4.69, 9.17) is 5.73 Å². The average Bonchev–Trinajstić information content (AvgIpc) is 3.06. The molecule has 1 saturated heterocycles. The lowest BCUT2D eigenvalue weighted by molar-refractivity contribution is 0.447. The fraction of sp³-hybridized carbons (Fsp3) is 0.316. The van der Waals surface area contributed by atoms with Gasteiger partial charge < -0.3 is 21.3 Å². The van der Waals surface area contributed by atoms with Gasteiger partial charge in [-0.2, -0.15) is 4.98 Å². The molecule has 3 aromatic rings. The van der Waals surface area contributed by atoms with Crippen LogP contribution in [0.25, 0.3) is 11.3 Å². The van der Waals surface area contributed by atoms with Crippen molar-refractivity contribution in [1.29, 1.82) is 0 Å². The summed E-state index contributed by atoms with van der Waals surface area (Å²) in [5.41, 5.74) is 9.92. The molecule has 1 aliphatic rings. The summed E-state index contributed by atoms with van der Waals surface area (Å²) in [6.45, 7) is 4.48. The minimum Gasteiger partial charge on any atom is -0.379 e. The maximum absolute atomic E-state index is 5.92. The predicted octanol–water partition coefficient (Wildman–Crippen LogP) is 2.51. The first-order valence-corrected chi connectivity index (χ1v) is 9.81. The Labute approximate surface area is 162 Å². The second-order valence-corrected chi connectivity index (χ2v) is 7.71. The molecule has 0 bridgehead atoms. The van der Waals surface area contributed by atoms with E-state index in [2.05, 4.69) is 48.0 Å². The third-order valence-electron chi connectivity index (χ3n) is 4.65. The number of thiazole rings is 1. The van der Waals surface area contributed by atoms with Crippen molar-refractivity contribution in [2.75, 3.05) is 36.1 Å². The van der Waals surface area contributed by atoms with Crippen molar-refractivity contribution in [3.8, 4) is 11.3 Å². The Bertz CT molecular complexity index is 933. The van der Waals surface area contributed by atoms with Crippen LogP contribution in [0, 0.1) is 6.92 Å². The van der Waals surface area contributed by atoms with Crippen LogP contribution in [-0.4, -0.2) is 41.1 Å². The number of hydrogen-bond acceptors (Lipinski definition) is 8. The van der Waals surface area contributed by atoms with E-state index in [0.717, 1.165) is 46.6 Å².